The Morgan fingerprint density at radius 3 is 2.74 bits per heavy atom. The molecule has 4 heteroatoms. The van der Waals surface area contributed by atoms with Crippen LogP contribution in [-0.4, -0.2) is 23.0 Å². The summed E-state index contributed by atoms with van der Waals surface area (Å²) in [5, 5.41) is 2.06. The minimum absolute atomic E-state index is 0.775. The third-order valence-electron chi connectivity index (χ3n) is 3.70. The summed E-state index contributed by atoms with van der Waals surface area (Å²) < 4.78 is 5.80. The molecule has 3 rings (SSSR count). The fourth-order valence-electron chi connectivity index (χ4n) is 2.59. The molecule has 0 bridgehead atoms. The Bertz CT molecular complexity index is 510. The van der Waals surface area contributed by atoms with E-state index in [0.717, 1.165) is 28.8 Å². The molecule has 0 spiro atoms. The molecule has 0 aromatic carbocycles. The monoisotopic (exact) mass is 276 g/mol. The average Bonchev–Trinajstić information content (AvgIpc) is 2.96. The third-order valence-corrected chi connectivity index (χ3v) is 4.55. The van der Waals surface area contributed by atoms with Crippen LogP contribution in [0.4, 0.5) is 0 Å². The molecule has 19 heavy (non-hydrogen) atoms. The van der Waals surface area contributed by atoms with Gasteiger partial charge in [0.1, 0.15) is 5.76 Å². The minimum atomic E-state index is 0.775. The molecule has 0 saturated carbocycles. The summed E-state index contributed by atoms with van der Waals surface area (Å²) in [7, 11) is 0. The first-order valence-electron chi connectivity index (χ1n) is 7.05. The molecule has 0 N–H and O–H groups in total. The molecule has 102 valence electrons. The van der Waals surface area contributed by atoms with Crippen LogP contribution in [0.15, 0.2) is 21.9 Å². The summed E-state index contributed by atoms with van der Waals surface area (Å²) in [4.78, 5) is 8.30. The van der Waals surface area contributed by atoms with Gasteiger partial charge in [-0.05, 0) is 44.3 Å². The highest BCUT2D eigenvalue weighted by Crippen LogP contribution is 2.26. The second-order valence-electron chi connectivity index (χ2n) is 5.19. The van der Waals surface area contributed by atoms with Crippen molar-refractivity contribution in [2.75, 3.05) is 13.1 Å². The van der Waals surface area contributed by atoms with Crippen molar-refractivity contribution in [3.8, 4) is 10.8 Å². The summed E-state index contributed by atoms with van der Waals surface area (Å²) in [5.41, 5.74) is 1.10. The van der Waals surface area contributed by atoms with Gasteiger partial charge < -0.3 is 4.42 Å². The molecule has 2 aromatic heterocycles. The van der Waals surface area contributed by atoms with Gasteiger partial charge in [0.2, 0.25) is 5.89 Å². The number of oxazole rings is 1. The quantitative estimate of drug-likeness (QED) is 0.845. The summed E-state index contributed by atoms with van der Waals surface area (Å²) in [6.45, 7) is 5.35. The van der Waals surface area contributed by atoms with Crippen molar-refractivity contribution in [3.05, 3.63) is 29.0 Å². The number of likely N-dealkylation sites (tertiary alicyclic amines) is 1. The molecule has 0 radical (unpaired) electrons. The van der Waals surface area contributed by atoms with E-state index in [0.29, 0.717) is 0 Å². The molecule has 0 atom stereocenters. The van der Waals surface area contributed by atoms with Crippen molar-refractivity contribution < 1.29 is 4.42 Å². The van der Waals surface area contributed by atoms with Gasteiger partial charge in [0.25, 0.3) is 0 Å². The van der Waals surface area contributed by atoms with Crippen LogP contribution in [0.25, 0.3) is 10.8 Å². The number of hydrogen-bond donors (Lipinski definition) is 0. The van der Waals surface area contributed by atoms with Crippen molar-refractivity contribution in [1.29, 1.82) is 0 Å². The normalized spacial score (nSPS) is 17.5. The lowest BCUT2D eigenvalue weighted by Gasteiger charge is -2.18. The fourth-order valence-corrected chi connectivity index (χ4v) is 3.24. The van der Waals surface area contributed by atoms with Gasteiger partial charge in [-0.2, -0.15) is 0 Å². The molecule has 0 unspecified atom stereocenters. The Labute approximate surface area is 118 Å². The van der Waals surface area contributed by atoms with Gasteiger partial charge in [-0.15, -0.1) is 11.3 Å². The second kappa shape index (κ2) is 5.88. The first-order chi connectivity index (χ1) is 9.33. The molecular weight excluding hydrogens is 256 g/mol. The number of thiophene rings is 1. The Morgan fingerprint density at radius 1 is 1.26 bits per heavy atom. The molecule has 2 aromatic rings. The maximum Gasteiger partial charge on any atom is 0.236 e. The largest absolute Gasteiger partial charge is 0.440 e. The molecule has 0 amide bonds. The average molecular weight is 276 g/mol. The van der Waals surface area contributed by atoms with Crippen LogP contribution in [-0.2, 0) is 6.54 Å². The van der Waals surface area contributed by atoms with E-state index >= 15 is 0 Å². The molecule has 1 aliphatic heterocycles. The Morgan fingerprint density at radius 2 is 2.05 bits per heavy atom. The smallest absolute Gasteiger partial charge is 0.236 e. The first-order valence-corrected chi connectivity index (χ1v) is 7.93. The van der Waals surface area contributed by atoms with Crippen LogP contribution in [0.1, 0.15) is 37.1 Å². The SMILES string of the molecule is Cc1oc(-c2cccs2)nc1CN1CCCCCC1. The van der Waals surface area contributed by atoms with E-state index in [1.165, 1.54) is 38.8 Å². The number of aromatic nitrogens is 1. The summed E-state index contributed by atoms with van der Waals surface area (Å²) in [6, 6.07) is 4.10. The van der Waals surface area contributed by atoms with Gasteiger partial charge in [0, 0.05) is 6.54 Å². The molecule has 1 fully saturated rings. The van der Waals surface area contributed by atoms with Crippen LogP contribution in [0, 0.1) is 6.92 Å². The second-order valence-corrected chi connectivity index (χ2v) is 6.14. The van der Waals surface area contributed by atoms with Gasteiger partial charge in [-0.1, -0.05) is 18.9 Å². The van der Waals surface area contributed by atoms with E-state index in [1.54, 1.807) is 11.3 Å². The first kappa shape index (κ1) is 12.9. The molecule has 3 nitrogen and oxygen atoms in total. The zero-order valence-corrected chi connectivity index (χ0v) is 12.2. The standard InChI is InChI=1S/C15H20N2OS/c1-12-13(11-17-8-4-2-3-5-9-17)16-15(18-12)14-7-6-10-19-14/h6-7,10H,2-5,8-9,11H2,1H3. The van der Waals surface area contributed by atoms with E-state index in [-0.39, 0.29) is 0 Å². The van der Waals surface area contributed by atoms with Crippen LogP contribution in [0.2, 0.25) is 0 Å². The van der Waals surface area contributed by atoms with Gasteiger partial charge in [-0.25, -0.2) is 4.98 Å². The molecule has 1 saturated heterocycles. The molecule has 0 aliphatic carbocycles. The van der Waals surface area contributed by atoms with Crippen molar-refractivity contribution in [3.63, 3.8) is 0 Å². The fraction of sp³-hybridized carbons (Fsp3) is 0.533. The van der Waals surface area contributed by atoms with E-state index in [4.69, 9.17) is 4.42 Å². The van der Waals surface area contributed by atoms with E-state index in [2.05, 4.69) is 21.3 Å². The highest BCUT2D eigenvalue weighted by Gasteiger charge is 2.16. The Balaban J connectivity index is 1.74. The number of hydrogen-bond acceptors (Lipinski definition) is 4. The maximum absolute atomic E-state index is 5.80. The van der Waals surface area contributed by atoms with Crippen LogP contribution >= 0.6 is 11.3 Å². The maximum atomic E-state index is 5.80. The number of nitrogens with zero attached hydrogens (tertiary/aromatic N) is 2. The lowest BCUT2D eigenvalue weighted by atomic mass is 10.2. The van der Waals surface area contributed by atoms with Crippen LogP contribution in [0.5, 0.6) is 0 Å². The molecule has 1 aliphatic rings. The van der Waals surface area contributed by atoms with Crippen LogP contribution < -0.4 is 0 Å². The van der Waals surface area contributed by atoms with E-state index in [1.807, 2.05) is 13.0 Å². The lowest BCUT2D eigenvalue weighted by molar-refractivity contribution is 0.272. The molecular formula is C15H20N2OS. The number of aryl methyl sites for hydroxylation is 1. The number of rotatable bonds is 3. The summed E-state index contributed by atoms with van der Waals surface area (Å²) in [6.07, 6.45) is 5.37. The van der Waals surface area contributed by atoms with Gasteiger partial charge in [0.05, 0.1) is 10.6 Å². The highest BCUT2D eigenvalue weighted by molar-refractivity contribution is 7.13. The van der Waals surface area contributed by atoms with Gasteiger partial charge in [-0.3, -0.25) is 4.90 Å². The Kier molecular flexibility index (Phi) is 3.99. The zero-order valence-electron chi connectivity index (χ0n) is 11.4. The zero-order chi connectivity index (χ0) is 13.1. The van der Waals surface area contributed by atoms with Crippen molar-refractivity contribution in [2.45, 2.75) is 39.2 Å². The summed E-state index contributed by atoms with van der Waals surface area (Å²) in [5.74, 6) is 1.74. The summed E-state index contributed by atoms with van der Waals surface area (Å²) >= 11 is 1.68. The molecule has 3 heterocycles. The third kappa shape index (κ3) is 3.07. The van der Waals surface area contributed by atoms with Crippen molar-refractivity contribution in [2.24, 2.45) is 0 Å². The Hall–Kier alpha value is -1.13. The lowest BCUT2D eigenvalue weighted by Crippen LogP contribution is -2.24. The topological polar surface area (TPSA) is 29.3 Å². The van der Waals surface area contributed by atoms with Crippen molar-refractivity contribution in [1.82, 2.24) is 9.88 Å². The predicted octanol–water partition coefficient (Wildman–Crippen LogP) is 4.09. The van der Waals surface area contributed by atoms with Gasteiger partial charge in [0.15, 0.2) is 0 Å². The van der Waals surface area contributed by atoms with E-state index in [9.17, 15) is 0 Å². The highest BCUT2D eigenvalue weighted by atomic mass is 32.1. The van der Waals surface area contributed by atoms with E-state index < -0.39 is 0 Å². The van der Waals surface area contributed by atoms with Gasteiger partial charge >= 0.3 is 0 Å². The van der Waals surface area contributed by atoms with Crippen LogP contribution in [0.3, 0.4) is 0 Å². The minimum Gasteiger partial charge on any atom is -0.440 e. The predicted molar refractivity (Wildman–Crippen MR) is 78.3 cm³/mol. The van der Waals surface area contributed by atoms with Crippen molar-refractivity contribution >= 4 is 11.3 Å².